The Balaban J connectivity index is 2.19. The second-order valence-corrected chi connectivity index (χ2v) is 9.98. The van der Waals surface area contributed by atoms with E-state index in [9.17, 15) is 24.3 Å². The molecule has 0 spiro atoms. The zero-order valence-corrected chi connectivity index (χ0v) is 20.8. The minimum Gasteiger partial charge on any atom is -0.478 e. The number of carboxylic acid groups (broad SMARTS) is 1. The minimum atomic E-state index is -1.10. The number of nitrogens with one attached hydrogen (secondary N) is 2. The lowest BCUT2D eigenvalue weighted by Crippen LogP contribution is -2.47. The molecule has 0 aliphatic rings. The molecule has 2 amide bonds. The SMILES string of the molecule is CC(C)(C)OC(=O)N[C@@H](Cc1cccc(C(=O)O)c1)C(=O)Nc1ccc(C(=O)OC(C)(C)C)cc1. The molecule has 3 N–H and O–H groups in total. The van der Waals surface area contributed by atoms with Gasteiger partial charge in [-0.05, 0) is 83.5 Å². The van der Waals surface area contributed by atoms with Gasteiger partial charge < -0.3 is 25.2 Å². The smallest absolute Gasteiger partial charge is 0.408 e. The van der Waals surface area contributed by atoms with Crippen molar-refractivity contribution in [3.63, 3.8) is 0 Å². The zero-order valence-electron chi connectivity index (χ0n) is 20.8. The number of anilines is 1. The van der Waals surface area contributed by atoms with Crippen molar-refractivity contribution in [2.24, 2.45) is 0 Å². The van der Waals surface area contributed by atoms with Gasteiger partial charge in [-0.2, -0.15) is 0 Å². The summed E-state index contributed by atoms with van der Waals surface area (Å²) in [5, 5.41) is 14.5. The van der Waals surface area contributed by atoms with Crippen molar-refractivity contribution in [3.05, 3.63) is 65.2 Å². The van der Waals surface area contributed by atoms with Crippen LogP contribution in [0.3, 0.4) is 0 Å². The highest BCUT2D eigenvalue weighted by molar-refractivity contribution is 5.97. The van der Waals surface area contributed by atoms with Gasteiger partial charge in [-0.15, -0.1) is 0 Å². The Labute approximate surface area is 204 Å². The quantitative estimate of drug-likeness (QED) is 0.496. The molecule has 188 valence electrons. The fraction of sp³-hybridized carbons (Fsp3) is 0.385. The summed E-state index contributed by atoms with van der Waals surface area (Å²) in [6, 6.07) is 11.2. The first kappa shape index (κ1) is 27.4. The van der Waals surface area contributed by atoms with E-state index in [-0.39, 0.29) is 12.0 Å². The molecule has 35 heavy (non-hydrogen) atoms. The Kier molecular flexibility index (Phi) is 8.62. The van der Waals surface area contributed by atoms with Crippen LogP contribution in [0.5, 0.6) is 0 Å². The van der Waals surface area contributed by atoms with Crippen molar-refractivity contribution >= 4 is 29.6 Å². The van der Waals surface area contributed by atoms with Gasteiger partial charge >= 0.3 is 18.0 Å². The first-order valence-corrected chi connectivity index (χ1v) is 11.1. The standard InChI is InChI=1S/C26H32N2O7/c1-25(2,3)34-23(32)17-10-12-19(13-11-17)27-21(29)20(28-24(33)35-26(4,5)6)15-16-8-7-9-18(14-16)22(30)31/h7-14,20H,15H2,1-6H3,(H,27,29)(H,28,33)(H,30,31)/t20-/m0/s1. The molecule has 0 saturated carbocycles. The lowest BCUT2D eigenvalue weighted by molar-refractivity contribution is -0.118. The highest BCUT2D eigenvalue weighted by Crippen LogP contribution is 2.16. The monoisotopic (exact) mass is 484 g/mol. The van der Waals surface area contributed by atoms with Crippen LogP contribution in [0.15, 0.2) is 48.5 Å². The van der Waals surface area contributed by atoms with Gasteiger partial charge in [-0.1, -0.05) is 12.1 Å². The average Bonchev–Trinajstić information content (AvgIpc) is 2.71. The molecule has 1 atom stereocenters. The summed E-state index contributed by atoms with van der Waals surface area (Å²) in [6.45, 7) is 10.4. The van der Waals surface area contributed by atoms with E-state index in [0.717, 1.165) is 0 Å². The largest absolute Gasteiger partial charge is 0.478 e. The van der Waals surface area contributed by atoms with Crippen molar-refractivity contribution in [1.82, 2.24) is 5.32 Å². The molecule has 0 bridgehead atoms. The third kappa shape index (κ3) is 9.48. The van der Waals surface area contributed by atoms with Gasteiger partial charge in [-0.3, -0.25) is 4.79 Å². The molecule has 2 rings (SSSR count). The van der Waals surface area contributed by atoms with Gasteiger partial charge in [0.05, 0.1) is 11.1 Å². The Hall–Kier alpha value is -3.88. The maximum absolute atomic E-state index is 13.1. The van der Waals surface area contributed by atoms with E-state index < -0.39 is 41.2 Å². The lowest BCUT2D eigenvalue weighted by atomic mass is 10.0. The van der Waals surface area contributed by atoms with Crippen LogP contribution in [0.25, 0.3) is 0 Å². The Bertz CT molecular complexity index is 1080. The van der Waals surface area contributed by atoms with Crippen molar-refractivity contribution in [1.29, 1.82) is 0 Å². The topological polar surface area (TPSA) is 131 Å². The van der Waals surface area contributed by atoms with Crippen molar-refractivity contribution < 1.29 is 33.8 Å². The highest BCUT2D eigenvalue weighted by Gasteiger charge is 2.25. The second-order valence-electron chi connectivity index (χ2n) is 9.98. The molecule has 9 heteroatoms. The fourth-order valence-electron chi connectivity index (χ4n) is 2.98. The van der Waals surface area contributed by atoms with Crippen LogP contribution in [0.1, 0.15) is 67.8 Å². The Morgan fingerprint density at radius 1 is 0.857 bits per heavy atom. The molecular formula is C26H32N2O7. The number of alkyl carbamates (subject to hydrolysis) is 1. The number of benzene rings is 2. The van der Waals surface area contributed by atoms with Crippen LogP contribution >= 0.6 is 0 Å². The van der Waals surface area contributed by atoms with E-state index >= 15 is 0 Å². The Morgan fingerprint density at radius 3 is 2.00 bits per heavy atom. The fourth-order valence-corrected chi connectivity index (χ4v) is 2.98. The maximum atomic E-state index is 13.1. The van der Waals surface area contributed by atoms with Crippen molar-refractivity contribution in [3.8, 4) is 0 Å². The summed E-state index contributed by atoms with van der Waals surface area (Å²) < 4.78 is 10.6. The van der Waals surface area contributed by atoms with Gasteiger partial charge in [0, 0.05) is 12.1 Å². The molecule has 0 aromatic heterocycles. The van der Waals surface area contributed by atoms with Gasteiger partial charge in [0.25, 0.3) is 0 Å². The summed E-state index contributed by atoms with van der Waals surface area (Å²) in [5.41, 5.74) is -0.0728. The molecule has 0 aliphatic heterocycles. The van der Waals surface area contributed by atoms with E-state index in [1.807, 2.05) is 0 Å². The zero-order chi connectivity index (χ0) is 26.4. The molecule has 0 fully saturated rings. The highest BCUT2D eigenvalue weighted by atomic mass is 16.6. The number of rotatable bonds is 7. The second kappa shape index (κ2) is 11.0. The number of esters is 1. The summed E-state index contributed by atoms with van der Waals surface area (Å²) in [5.74, 6) is -2.13. The van der Waals surface area contributed by atoms with Crippen LogP contribution in [0.4, 0.5) is 10.5 Å². The molecule has 0 radical (unpaired) electrons. The molecule has 2 aromatic rings. The van der Waals surface area contributed by atoms with E-state index in [1.165, 1.54) is 24.3 Å². The molecule has 0 saturated heterocycles. The van der Waals surface area contributed by atoms with E-state index in [2.05, 4.69) is 10.6 Å². The van der Waals surface area contributed by atoms with E-state index in [1.54, 1.807) is 65.8 Å². The third-order valence-electron chi connectivity index (χ3n) is 4.41. The normalized spacial score (nSPS) is 12.3. The molecule has 0 aliphatic carbocycles. The third-order valence-corrected chi connectivity index (χ3v) is 4.41. The van der Waals surface area contributed by atoms with E-state index in [0.29, 0.717) is 16.8 Å². The first-order valence-electron chi connectivity index (χ1n) is 11.1. The number of carboxylic acids is 1. The number of ether oxygens (including phenoxy) is 2. The molecule has 2 aromatic carbocycles. The number of amides is 2. The number of carbonyl (C=O) groups excluding carboxylic acids is 3. The van der Waals surface area contributed by atoms with Crippen LogP contribution in [-0.2, 0) is 20.7 Å². The number of hydrogen-bond acceptors (Lipinski definition) is 6. The van der Waals surface area contributed by atoms with Crippen molar-refractivity contribution in [2.75, 3.05) is 5.32 Å². The summed E-state index contributed by atoms with van der Waals surface area (Å²) >= 11 is 0. The Morgan fingerprint density at radius 2 is 1.46 bits per heavy atom. The molecule has 9 nitrogen and oxygen atoms in total. The van der Waals surface area contributed by atoms with Crippen LogP contribution in [-0.4, -0.2) is 46.3 Å². The first-order chi connectivity index (χ1) is 16.1. The number of carbonyl (C=O) groups is 4. The van der Waals surface area contributed by atoms with Crippen LogP contribution in [0, 0.1) is 0 Å². The van der Waals surface area contributed by atoms with Crippen LogP contribution < -0.4 is 10.6 Å². The predicted octanol–water partition coefficient (Wildman–Crippen LogP) is 4.41. The van der Waals surface area contributed by atoms with Gasteiger partial charge in [0.15, 0.2) is 0 Å². The van der Waals surface area contributed by atoms with Gasteiger partial charge in [0.2, 0.25) is 5.91 Å². The van der Waals surface area contributed by atoms with Crippen molar-refractivity contribution in [2.45, 2.75) is 65.2 Å². The van der Waals surface area contributed by atoms with Crippen LogP contribution in [0.2, 0.25) is 0 Å². The molecule has 0 heterocycles. The van der Waals surface area contributed by atoms with Gasteiger partial charge in [0.1, 0.15) is 17.2 Å². The summed E-state index contributed by atoms with van der Waals surface area (Å²) in [4.78, 5) is 48.9. The summed E-state index contributed by atoms with van der Waals surface area (Å²) in [7, 11) is 0. The number of hydrogen-bond donors (Lipinski definition) is 3. The summed E-state index contributed by atoms with van der Waals surface area (Å²) in [6.07, 6.45) is -0.755. The van der Waals surface area contributed by atoms with Gasteiger partial charge in [-0.25, -0.2) is 14.4 Å². The van der Waals surface area contributed by atoms with E-state index in [4.69, 9.17) is 9.47 Å². The maximum Gasteiger partial charge on any atom is 0.408 e. The lowest BCUT2D eigenvalue weighted by Gasteiger charge is -2.23. The average molecular weight is 485 g/mol. The molecular weight excluding hydrogens is 452 g/mol. The minimum absolute atomic E-state index is 0.0299. The molecule has 0 unspecified atom stereocenters. The number of aromatic carboxylic acids is 1. The predicted molar refractivity (Wildman–Crippen MR) is 131 cm³/mol.